The highest BCUT2D eigenvalue weighted by Crippen LogP contribution is 2.13. The summed E-state index contributed by atoms with van der Waals surface area (Å²) in [4.78, 5) is 4.53. The first-order valence-corrected chi connectivity index (χ1v) is 7.44. The van der Waals surface area contributed by atoms with Gasteiger partial charge in [0.2, 0.25) is 0 Å². The van der Waals surface area contributed by atoms with Crippen LogP contribution >= 0.6 is 11.6 Å². The van der Waals surface area contributed by atoms with Crippen LogP contribution in [0.4, 0.5) is 0 Å². The van der Waals surface area contributed by atoms with Gasteiger partial charge in [0.25, 0.3) is 0 Å². The molecule has 0 fully saturated rings. The van der Waals surface area contributed by atoms with Crippen molar-refractivity contribution in [1.82, 2.24) is 10.3 Å². The highest BCUT2D eigenvalue weighted by Gasteiger charge is 2.09. The van der Waals surface area contributed by atoms with Crippen molar-refractivity contribution in [3.63, 3.8) is 0 Å². The van der Waals surface area contributed by atoms with E-state index in [0.717, 1.165) is 30.0 Å². The zero-order chi connectivity index (χ0) is 14.4. The van der Waals surface area contributed by atoms with Gasteiger partial charge in [-0.25, -0.2) is 0 Å². The minimum Gasteiger partial charge on any atom is -0.316 e. The molecule has 0 aliphatic carbocycles. The van der Waals surface area contributed by atoms with Crippen LogP contribution in [0.1, 0.15) is 23.7 Å². The van der Waals surface area contributed by atoms with E-state index in [0.29, 0.717) is 6.04 Å². The van der Waals surface area contributed by atoms with E-state index >= 15 is 0 Å². The number of benzene rings is 1. The molecule has 106 valence electrons. The highest BCUT2D eigenvalue weighted by atomic mass is 35.5. The minimum absolute atomic E-state index is 0.385. The summed E-state index contributed by atoms with van der Waals surface area (Å²) < 4.78 is 0. The number of nitrogens with one attached hydrogen (secondary N) is 1. The predicted octanol–water partition coefficient (Wildman–Crippen LogP) is 3.67. The van der Waals surface area contributed by atoms with Crippen LogP contribution in [0, 0.1) is 0 Å². The molecule has 0 amide bonds. The Morgan fingerprint density at radius 2 is 1.75 bits per heavy atom. The zero-order valence-corrected chi connectivity index (χ0v) is 12.8. The lowest BCUT2D eigenvalue weighted by Crippen LogP contribution is -2.30. The maximum absolute atomic E-state index is 5.91. The van der Waals surface area contributed by atoms with Gasteiger partial charge in [0.15, 0.2) is 0 Å². The molecule has 0 radical (unpaired) electrons. The Balaban J connectivity index is 1.99. The third kappa shape index (κ3) is 4.32. The van der Waals surface area contributed by atoms with Crippen LogP contribution in [0.5, 0.6) is 0 Å². The van der Waals surface area contributed by atoms with Crippen molar-refractivity contribution in [3.8, 4) is 0 Å². The number of aromatic nitrogens is 1. The molecule has 1 N–H and O–H groups in total. The third-order valence-corrected chi connectivity index (χ3v) is 3.81. The predicted molar refractivity (Wildman–Crippen MR) is 85.3 cm³/mol. The molecule has 1 heterocycles. The van der Waals surface area contributed by atoms with Crippen molar-refractivity contribution in [2.45, 2.75) is 32.2 Å². The Morgan fingerprint density at radius 1 is 1.05 bits per heavy atom. The Bertz CT molecular complexity index is 520. The average Bonchev–Trinajstić information content (AvgIpc) is 2.49. The van der Waals surface area contributed by atoms with Crippen molar-refractivity contribution in [3.05, 3.63) is 64.4 Å². The molecular weight excluding hydrogens is 268 g/mol. The van der Waals surface area contributed by atoms with E-state index in [4.69, 9.17) is 11.6 Å². The van der Waals surface area contributed by atoms with Gasteiger partial charge in [-0.2, -0.15) is 0 Å². The van der Waals surface area contributed by atoms with Crippen LogP contribution in [0.3, 0.4) is 0 Å². The van der Waals surface area contributed by atoms with Crippen molar-refractivity contribution in [2.75, 3.05) is 7.05 Å². The molecule has 0 aliphatic heterocycles. The van der Waals surface area contributed by atoms with Crippen LogP contribution in [0.2, 0.25) is 5.02 Å². The summed E-state index contributed by atoms with van der Waals surface area (Å²) in [6.07, 6.45) is 4.92. The standard InChI is InChI=1S/C17H21ClN2/c1-3-13-6-9-16(20-12-13)11-17(19-2)10-14-4-7-15(18)8-5-14/h4-9,12,17,19H,3,10-11H2,1-2H3. The van der Waals surface area contributed by atoms with Crippen LogP contribution in [0.25, 0.3) is 0 Å². The first-order valence-electron chi connectivity index (χ1n) is 7.06. The molecule has 1 unspecified atom stereocenters. The topological polar surface area (TPSA) is 24.9 Å². The maximum Gasteiger partial charge on any atom is 0.0419 e. The van der Waals surface area contributed by atoms with Crippen LogP contribution in [-0.4, -0.2) is 18.1 Å². The summed E-state index contributed by atoms with van der Waals surface area (Å²) in [6.45, 7) is 2.15. The van der Waals surface area contributed by atoms with E-state index in [1.54, 1.807) is 0 Å². The lowest BCUT2D eigenvalue weighted by Gasteiger charge is -2.16. The van der Waals surface area contributed by atoms with Gasteiger partial charge >= 0.3 is 0 Å². The van der Waals surface area contributed by atoms with Gasteiger partial charge in [-0.05, 0) is 49.2 Å². The van der Waals surface area contributed by atoms with Crippen LogP contribution < -0.4 is 5.32 Å². The van der Waals surface area contributed by atoms with Crippen molar-refractivity contribution in [1.29, 1.82) is 0 Å². The monoisotopic (exact) mass is 288 g/mol. The first-order chi connectivity index (χ1) is 9.71. The molecule has 0 aliphatic rings. The number of hydrogen-bond donors (Lipinski definition) is 1. The smallest absolute Gasteiger partial charge is 0.0419 e. The molecule has 0 spiro atoms. The molecule has 3 heteroatoms. The fourth-order valence-electron chi connectivity index (χ4n) is 2.22. The number of aryl methyl sites for hydroxylation is 1. The van der Waals surface area contributed by atoms with Crippen molar-refractivity contribution < 1.29 is 0 Å². The number of nitrogens with zero attached hydrogens (tertiary/aromatic N) is 1. The zero-order valence-electron chi connectivity index (χ0n) is 12.1. The maximum atomic E-state index is 5.91. The second kappa shape index (κ2) is 7.41. The van der Waals surface area contributed by atoms with E-state index in [1.807, 2.05) is 25.4 Å². The molecule has 1 aromatic heterocycles. The van der Waals surface area contributed by atoms with E-state index in [-0.39, 0.29) is 0 Å². The fraction of sp³-hybridized carbons (Fsp3) is 0.353. The third-order valence-electron chi connectivity index (χ3n) is 3.55. The lowest BCUT2D eigenvalue weighted by atomic mass is 10.0. The van der Waals surface area contributed by atoms with Crippen LogP contribution in [0.15, 0.2) is 42.6 Å². The van der Waals surface area contributed by atoms with E-state index in [9.17, 15) is 0 Å². The number of halogens is 1. The molecule has 0 bridgehead atoms. The van der Waals surface area contributed by atoms with Gasteiger partial charge in [-0.3, -0.25) is 4.98 Å². The Hall–Kier alpha value is -1.38. The Labute approximate surface area is 126 Å². The summed E-state index contributed by atoms with van der Waals surface area (Å²) in [5.74, 6) is 0. The SMILES string of the molecule is CCc1ccc(CC(Cc2ccc(Cl)cc2)NC)nc1. The Kier molecular flexibility index (Phi) is 5.57. The molecule has 2 rings (SSSR count). The highest BCUT2D eigenvalue weighted by molar-refractivity contribution is 6.30. The molecular formula is C17H21ClN2. The summed E-state index contributed by atoms with van der Waals surface area (Å²) >= 11 is 5.91. The molecule has 2 aromatic rings. The van der Waals surface area contributed by atoms with E-state index in [2.05, 4.69) is 41.5 Å². The molecule has 0 saturated carbocycles. The molecule has 0 saturated heterocycles. The lowest BCUT2D eigenvalue weighted by molar-refractivity contribution is 0.550. The molecule has 20 heavy (non-hydrogen) atoms. The van der Waals surface area contributed by atoms with Crippen molar-refractivity contribution >= 4 is 11.6 Å². The van der Waals surface area contributed by atoms with Gasteiger partial charge in [0.05, 0.1) is 0 Å². The van der Waals surface area contributed by atoms with Gasteiger partial charge in [-0.15, -0.1) is 0 Å². The normalized spacial score (nSPS) is 12.3. The fourth-order valence-corrected chi connectivity index (χ4v) is 2.34. The van der Waals surface area contributed by atoms with E-state index in [1.165, 1.54) is 11.1 Å². The number of pyridine rings is 1. The van der Waals surface area contributed by atoms with E-state index < -0.39 is 0 Å². The molecule has 2 nitrogen and oxygen atoms in total. The first kappa shape index (κ1) is 15.0. The minimum atomic E-state index is 0.385. The van der Waals surface area contributed by atoms with Gasteiger partial charge < -0.3 is 5.32 Å². The second-order valence-corrected chi connectivity index (χ2v) is 5.47. The summed E-state index contributed by atoms with van der Waals surface area (Å²) in [7, 11) is 2.00. The van der Waals surface area contributed by atoms with Gasteiger partial charge in [-0.1, -0.05) is 36.7 Å². The number of rotatable bonds is 6. The van der Waals surface area contributed by atoms with Crippen molar-refractivity contribution in [2.24, 2.45) is 0 Å². The summed E-state index contributed by atoms with van der Waals surface area (Å²) in [6, 6.07) is 12.7. The number of hydrogen-bond acceptors (Lipinski definition) is 2. The second-order valence-electron chi connectivity index (χ2n) is 5.03. The quantitative estimate of drug-likeness (QED) is 0.877. The van der Waals surface area contributed by atoms with Gasteiger partial charge in [0, 0.05) is 29.4 Å². The largest absolute Gasteiger partial charge is 0.316 e. The van der Waals surface area contributed by atoms with Gasteiger partial charge in [0.1, 0.15) is 0 Å². The molecule has 1 atom stereocenters. The summed E-state index contributed by atoms with van der Waals surface area (Å²) in [5, 5.41) is 4.15. The Morgan fingerprint density at radius 3 is 2.30 bits per heavy atom. The van der Waals surface area contributed by atoms with Crippen LogP contribution in [-0.2, 0) is 19.3 Å². The number of likely N-dealkylation sites (N-methyl/N-ethyl adjacent to an activating group) is 1. The average molecular weight is 289 g/mol. The summed E-state index contributed by atoms with van der Waals surface area (Å²) in [5.41, 5.74) is 3.71. The molecule has 1 aromatic carbocycles.